The third kappa shape index (κ3) is 3.38. The third-order valence-electron chi connectivity index (χ3n) is 2.34. The van der Waals surface area contributed by atoms with Crippen molar-refractivity contribution in [1.29, 1.82) is 0 Å². The van der Waals surface area contributed by atoms with Crippen LogP contribution >= 0.6 is 11.3 Å². The van der Waals surface area contributed by atoms with Crippen LogP contribution < -0.4 is 5.32 Å². The van der Waals surface area contributed by atoms with Gasteiger partial charge in [0.25, 0.3) is 0 Å². The standard InChI is InChI=1S/C11H12N4O3S/c1-7-10(11(17)18)19-9(14-7)5-12-8(16)6-15-4-2-3-13-15/h2-4H,5-6H2,1H3,(H,12,16)(H,17,18). The van der Waals surface area contributed by atoms with Crippen molar-refractivity contribution < 1.29 is 14.7 Å². The molecule has 2 heterocycles. The van der Waals surface area contributed by atoms with Crippen LogP contribution in [0.1, 0.15) is 20.4 Å². The number of hydrogen-bond donors (Lipinski definition) is 2. The van der Waals surface area contributed by atoms with Crippen molar-refractivity contribution in [3.05, 3.63) is 34.0 Å². The van der Waals surface area contributed by atoms with Crippen LogP contribution in [0.25, 0.3) is 0 Å². The fourth-order valence-corrected chi connectivity index (χ4v) is 2.34. The number of nitrogens with zero attached hydrogens (tertiary/aromatic N) is 3. The summed E-state index contributed by atoms with van der Waals surface area (Å²) in [6, 6.07) is 1.73. The Labute approximate surface area is 112 Å². The number of hydrogen-bond acceptors (Lipinski definition) is 5. The first kappa shape index (κ1) is 13.2. The lowest BCUT2D eigenvalue weighted by molar-refractivity contribution is -0.122. The molecule has 0 radical (unpaired) electrons. The third-order valence-corrected chi connectivity index (χ3v) is 3.48. The highest BCUT2D eigenvalue weighted by Crippen LogP contribution is 2.17. The summed E-state index contributed by atoms with van der Waals surface area (Å²) in [7, 11) is 0. The highest BCUT2D eigenvalue weighted by Gasteiger charge is 2.14. The van der Waals surface area contributed by atoms with E-state index in [0.29, 0.717) is 10.7 Å². The Morgan fingerprint density at radius 3 is 2.89 bits per heavy atom. The van der Waals surface area contributed by atoms with Gasteiger partial charge in [-0.1, -0.05) is 0 Å². The van der Waals surface area contributed by atoms with E-state index >= 15 is 0 Å². The number of carboxylic acids is 1. The number of rotatable bonds is 5. The van der Waals surface area contributed by atoms with E-state index in [0.717, 1.165) is 11.3 Å². The highest BCUT2D eigenvalue weighted by atomic mass is 32.1. The minimum Gasteiger partial charge on any atom is -0.477 e. The maximum Gasteiger partial charge on any atom is 0.347 e. The van der Waals surface area contributed by atoms with Crippen molar-refractivity contribution in [2.75, 3.05) is 0 Å². The Kier molecular flexibility index (Phi) is 3.91. The molecule has 0 aromatic carbocycles. The molecular formula is C11H12N4O3S. The summed E-state index contributed by atoms with van der Waals surface area (Å²) >= 11 is 1.07. The topological polar surface area (TPSA) is 97.1 Å². The predicted octanol–water partition coefficient (Wildman–Crippen LogP) is 0.663. The smallest absolute Gasteiger partial charge is 0.347 e. The molecule has 1 amide bonds. The molecule has 7 nitrogen and oxygen atoms in total. The van der Waals surface area contributed by atoms with E-state index in [1.54, 1.807) is 25.4 Å². The quantitative estimate of drug-likeness (QED) is 0.838. The average molecular weight is 280 g/mol. The number of aromatic nitrogens is 3. The van der Waals surface area contributed by atoms with E-state index in [1.165, 1.54) is 4.68 Å². The van der Waals surface area contributed by atoms with Gasteiger partial charge < -0.3 is 10.4 Å². The fraction of sp³-hybridized carbons (Fsp3) is 0.273. The van der Waals surface area contributed by atoms with Gasteiger partial charge in [0.2, 0.25) is 5.91 Å². The van der Waals surface area contributed by atoms with Gasteiger partial charge in [-0.25, -0.2) is 9.78 Å². The molecule has 2 rings (SSSR count). The van der Waals surface area contributed by atoms with Crippen molar-refractivity contribution >= 4 is 23.2 Å². The summed E-state index contributed by atoms with van der Waals surface area (Å²) in [6.07, 6.45) is 3.28. The molecule has 0 saturated heterocycles. The SMILES string of the molecule is Cc1nc(CNC(=O)Cn2cccn2)sc1C(=O)O. The Bertz CT molecular complexity index is 591. The van der Waals surface area contributed by atoms with Gasteiger partial charge in [-0.2, -0.15) is 5.10 Å². The van der Waals surface area contributed by atoms with E-state index in [4.69, 9.17) is 5.11 Å². The van der Waals surface area contributed by atoms with E-state index in [2.05, 4.69) is 15.4 Å². The molecule has 2 aromatic heterocycles. The first-order valence-electron chi connectivity index (χ1n) is 5.50. The van der Waals surface area contributed by atoms with Crippen LogP contribution in [0.3, 0.4) is 0 Å². The number of aromatic carboxylic acids is 1. The second-order valence-electron chi connectivity index (χ2n) is 3.81. The molecule has 0 unspecified atom stereocenters. The molecule has 2 N–H and O–H groups in total. The lowest BCUT2D eigenvalue weighted by Gasteiger charge is -2.02. The molecular weight excluding hydrogens is 268 g/mol. The highest BCUT2D eigenvalue weighted by molar-refractivity contribution is 7.13. The van der Waals surface area contributed by atoms with Gasteiger partial charge in [0.1, 0.15) is 16.4 Å². The van der Waals surface area contributed by atoms with Gasteiger partial charge in [-0.15, -0.1) is 11.3 Å². The number of aryl methyl sites for hydroxylation is 1. The zero-order valence-electron chi connectivity index (χ0n) is 10.2. The van der Waals surface area contributed by atoms with Gasteiger partial charge in [0.05, 0.1) is 12.2 Å². The molecule has 0 bridgehead atoms. The molecule has 2 aromatic rings. The summed E-state index contributed by atoms with van der Waals surface area (Å²) in [5.41, 5.74) is 0.467. The van der Waals surface area contributed by atoms with Crippen LogP contribution in [0.5, 0.6) is 0 Å². The maximum absolute atomic E-state index is 11.6. The number of carbonyl (C=O) groups excluding carboxylic acids is 1. The Balaban J connectivity index is 1.90. The van der Waals surface area contributed by atoms with E-state index < -0.39 is 5.97 Å². The molecule has 19 heavy (non-hydrogen) atoms. The van der Waals surface area contributed by atoms with Crippen molar-refractivity contribution in [2.24, 2.45) is 0 Å². The summed E-state index contributed by atoms with van der Waals surface area (Å²) in [6.45, 7) is 1.98. The second kappa shape index (κ2) is 5.61. The lowest BCUT2D eigenvalue weighted by atomic mass is 10.4. The average Bonchev–Trinajstić information content (AvgIpc) is 2.96. The number of carboxylic acid groups (broad SMARTS) is 1. The van der Waals surface area contributed by atoms with E-state index in [9.17, 15) is 9.59 Å². The van der Waals surface area contributed by atoms with E-state index in [1.807, 2.05) is 0 Å². The summed E-state index contributed by atoms with van der Waals surface area (Å²) < 4.78 is 1.51. The maximum atomic E-state index is 11.6. The molecule has 0 aliphatic carbocycles. The fourth-order valence-electron chi connectivity index (χ4n) is 1.50. The minimum atomic E-state index is -0.996. The predicted molar refractivity (Wildman–Crippen MR) is 67.9 cm³/mol. The normalized spacial score (nSPS) is 10.4. The number of thiazole rings is 1. The Morgan fingerprint density at radius 2 is 2.32 bits per heavy atom. The summed E-state index contributed by atoms with van der Waals surface area (Å²) in [4.78, 5) is 26.8. The van der Waals surface area contributed by atoms with Crippen LogP contribution in [0, 0.1) is 6.92 Å². The summed E-state index contributed by atoms with van der Waals surface area (Å²) in [5, 5.41) is 16.1. The minimum absolute atomic E-state index is 0.128. The second-order valence-corrected chi connectivity index (χ2v) is 4.89. The first-order valence-corrected chi connectivity index (χ1v) is 6.31. The van der Waals surface area contributed by atoms with Crippen LogP contribution in [-0.4, -0.2) is 31.7 Å². The molecule has 0 fully saturated rings. The van der Waals surface area contributed by atoms with Crippen LogP contribution in [0.4, 0.5) is 0 Å². The van der Waals surface area contributed by atoms with Crippen molar-refractivity contribution in [3.8, 4) is 0 Å². The van der Waals surface area contributed by atoms with E-state index in [-0.39, 0.29) is 23.9 Å². The van der Waals surface area contributed by atoms with Gasteiger partial charge in [-0.3, -0.25) is 9.48 Å². The molecule has 0 spiro atoms. The zero-order valence-corrected chi connectivity index (χ0v) is 11.0. The molecule has 8 heteroatoms. The van der Waals surface area contributed by atoms with Crippen molar-refractivity contribution in [2.45, 2.75) is 20.0 Å². The number of carbonyl (C=O) groups is 2. The number of nitrogens with one attached hydrogen (secondary N) is 1. The van der Waals surface area contributed by atoms with Crippen molar-refractivity contribution in [3.63, 3.8) is 0 Å². The Morgan fingerprint density at radius 1 is 1.53 bits per heavy atom. The first-order chi connectivity index (χ1) is 9.06. The Hall–Kier alpha value is -2.22. The monoisotopic (exact) mass is 280 g/mol. The molecule has 0 aliphatic rings. The van der Waals surface area contributed by atoms with Crippen LogP contribution in [-0.2, 0) is 17.9 Å². The molecule has 0 atom stereocenters. The van der Waals surface area contributed by atoms with Crippen LogP contribution in [0.2, 0.25) is 0 Å². The van der Waals surface area contributed by atoms with Gasteiger partial charge in [0.15, 0.2) is 0 Å². The molecule has 0 aliphatic heterocycles. The lowest BCUT2D eigenvalue weighted by Crippen LogP contribution is -2.27. The summed E-state index contributed by atoms with van der Waals surface area (Å²) in [5.74, 6) is -1.20. The van der Waals surface area contributed by atoms with Crippen molar-refractivity contribution in [1.82, 2.24) is 20.1 Å². The van der Waals surface area contributed by atoms with Gasteiger partial charge in [0, 0.05) is 12.4 Å². The zero-order chi connectivity index (χ0) is 13.8. The van der Waals surface area contributed by atoms with Gasteiger partial charge in [-0.05, 0) is 13.0 Å². The van der Waals surface area contributed by atoms with Crippen LogP contribution in [0.15, 0.2) is 18.5 Å². The number of amides is 1. The van der Waals surface area contributed by atoms with Gasteiger partial charge >= 0.3 is 5.97 Å². The molecule has 100 valence electrons. The largest absolute Gasteiger partial charge is 0.477 e. The molecule has 0 saturated carbocycles.